The van der Waals surface area contributed by atoms with Crippen LogP contribution in [-0.4, -0.2) is 110 Å². The average Bonchev–Trinajstić information content (AvgIpc) is 3.40. The predicted octanol–water partition coefficient (Wildman–Crippen LogP) is 1.92. The number of piperazine rings is 1. The van der Waals surface area contributed by atoms with Gasteiger partial charge in [0, 0.05) is 63.0 Å². The number of nitrogens with two attached hydrogens (primary N) is 1. The minimum Gasteiger partial charge on any atom is -0.354 e. The first-order valence-electron chi connectivity index (χ1n) is 15.0. The summed E-state index contributed by atoms with van der Waals surface area (Å²) in [6.45, 7) is 2.05. The first-order chi connectivity index (χ1) is 22.3. The number of nitrogens with zero attached hydrogens (tertiary/aromatic N) is 7. The summed E-state index contributed by atoms with van der Waals surface area (Å²) in [7, 11) is -0.0304. The molecule has 3 aromatic rings. The average molecular weight is 692 g/mol. The van der Waals surface area contributed by atoms with Crippen LogP contribution in [0.4, 0.5) is 20.3 Å². The van der Waals surface area contributed by atoms with E-state index in [4.69, 9.17) is 17.3 Å². The van der Waals surface area contributed by atoms with Gasteiger partial charge in [0.25, 0.3) is 5.91 Å². The van der Waals surface area contributed by atoms with Crippen LogP contribution in [0.1, 0.15) is 34.6 Å². The summed E-state index contributed by atoms with van der Waals surface area (Å²) in [6, 6.07) is 8.03. The van der Waals surface area contributed by atoms with Gasteiger partial charge in [-0.3, -0.25) is 14.6 Å². The van der Waals surface area contributed by atoms with Crippen LogP contribution in [0.2, 0.25) is 5.15 Å². The van der Waals surface area contributed by atoms with Gasteiger partial charge in [-0.25, -0.2) is 18.4 Å². The lowest BCUT2D eigenvalue weighted by atomic mass is 10.1. The Morgan fingerprint density at radius 3 is 2.40 bits per heavy atom. The van der Waals surface area contributed by atoms with Gasteiger partial charge in [-0.05, 0) is 63.5 Å². The van der Waals surface area contributed by atoms with Crippen LogP contribution in [0.25, 0.3) is 0 Å². The third-order valence-electron chi connectivity index (χ3n) is 7.92. The van der Waals surface area contributed by atoms with Crippen LogP contribution in [0.15, 0.2) is 53.7 Å². The number of hydrogen-bond acceptors (Lipinski definition) is 10. The normalized spacial score (nSPS) is 17.9. The number of alkyl halides is 2. The maximum Gasteiger partial charge on any atom is 0.316 e. The number of aromatic nitrogens is 3. The molecule has 3 N–H and O–H groups in total. The van der Waals surface area contributed by atoms with Crippen molar-refractivity contribution < 1.29 is 26.8 Å². The summed E-state index contributed by atoms with van der Waals surface area (Å²) in [5, 5.41) is 2.51. The fourth-order valence-corrected chi connectivity index (χ4v) is 6.99. The van der Waals surface area contributed by atoms with Gasteiger partial charge >= 0.3 is 5.92 Å². The van der Waals surface area contributed by atoms with Gasteiger partial charge in [0.1, 0.15) is 22.4 Å². The lowest BCUT2D eigenvalue weighted by Crippen LogP contribution is -2.49. The zero-order valence-corrected chi connectivity index (χ0v) is 27.5. The number of amides is 2. The number of sulfonamides is 1. The molecule has 2 fully saturated rings. The number of halogens is 3. The van der Waals surface area contributed by atoms with E-state index in [9.17, 15) is 18.0 Å². The Labute approximate surface area is 276 Å². The van der Waals surface area contributed by atoms with Crippen LogP contribution in [0, 0.1) is 0 Å². The third kappa shape index (κ3) is 7.84. The van der Waals surface area contributed by atoms with Crippen LogP contribution in [0.3, 0.4) is 0 Å². The first kappa shape index (κ1) is 34.5. The predicted molar refractivity (Wildman–Crippen MR) is 172 cm³/mol. The molecule has 1 aromatic carbocycles. The molecule has 47 heavy (non-hydrogen) atoms. The quantitative estimate of drug-likeness (QED) is 0.225. The van der Waals surface area contributed by atoms with E-state index < -0.39 is 33.1 Å². The summed E-state index contributed by atoms with van der Waals surface area (Å²) in [5.41, 5.74) is 5.21. The molecule has 1 atom stereocenters. The van der Waals surface area contributed by atoms with E-state index in [0.29, 0.717) is 25.2 Å². The molecule has 0 spiro atoms. The molecule has 17 heteroatoms. The summed E-state index contributed by atoms with van der Waals surface area (Å²) in [5.74, 6) is -4.08. The van der Waals surface area contributed by atoms with Crippen molar-refractivity contribution in [2.75, 3.05) is 69.7 Å². The van der Waals surface area contributed by atoms with Gasteiger partial charge in [-0.1, -0.05) is 11.6 Å². The second kappa shape index (κ2) is 14.1. The van der Waals surface area contributed by atoms with E-state index in [-0.39, 0.29) is 66.1 Å². The van der Waals surface area contributed by atoms with E-state index >= 15 is 8.78 Å². The number of carbonyl (C=O) groups excluding carboxylic acids is 2. The summed E-state index contributed by atoms with van der Waals surface area (Å²) in [6.07, 6.45) is 2.81. The van der Waals surface area contributed by atoms with Crippen molar-refractivity contribution in [3.8, 4) is 0 Å². The highest BCUT2D eigenvalue weighted by atomic mass is 35.5. The molecule has 0 radical (unpaired) electrons. The molecular formula is C30H36ClF2N9O4S. The summed E-state index contributed by atoms with van der Waals surface area (Å²) >= 11 is 6.17. The van der Waals surface area contributed by atoms with E-state index in [0.717, 1.165) is 25.0 Å². The topological polar surface area (TPSA) is 158 Å². The van der Waals surface area contributed by atoms with Gasteiger partial charge in [-0.2, -0.15) is 13.1 Å². The molecule has 2 saturated heterocycles. The van der Waals surface area contributed by atoms with Crippen molar-refractivity contribution >= 4 is 44.9 Å². The molecule has 0 saturated carbocycles. The lowest BCUT2D eigenvalue weighted by Gasteiger charge is -2.35. The number of anilines is 2. The molecule has 2 aliphatic heterocycles. The zero-order chi connectivity index (χ0) is 33.9. The molecule has 0 aliphatic carbocycles. The highest BCUT2D eigenvalue weighted by Crippen LogP contribution is 2.37. The maximum atomic E-state index is 15.6. The fraction of sp³-hybridized carbons (Fsp3) is 0.433. The molecule has 2 aromatic heterocycles. The Kier molecular flexibility index (Phi) is 10.4. The number of carbonyl (C=O) groups is 2. The molecule has 13 nitrogen and oxygen atoms in total. The molecular weight excluding hydrogens is 656 g/mol. The third-order valence-corrected chi connectivity index (χ3v) is 10.0. The van der Waals surface area contributed by atoms with Crippen molar-refractivity contribution in [3.05, 3.63) is 70.9 Å². The highest BCUT2D eigenvalue weighted by Gasteiger charge is 2.38. The van der Waals surface area contributed by atoms with Gasteiger partial charge in [0.2, 0.25) is 15.9 Å². The number of hydrogen-bond donors (Lipinski definition) is 2. The molecule has 2 aliphatic rings. The summed E-state index contributed by atoms with van der Waals surface area (Å²) < 4.78 is 59.3. The van der Waals surface area contributed by atoms with E-state index in [2.05, 4.69) is 20.3 Å². The largest absolute Gasteiger partial charge is 0.354 e. The number of benzene rings is 1. The van der Waals surface area contributed by atoms with Crippen LogP contribution in [0.5, 0.6) is 0 Å². The van der Waals surface area contributed by atoms with E-state index in [1.165, 1.54) is 27.4 Å². The van der Waals surface area contributed by atoms with Gasteiger partial charge < -0.3 is 25.8 Å². The number of pyridine rings is 1. The van der Waals surface area contributed by atoms with Gasteiger partial charge in [0.15, 0.2) is 0 Å². The lowest BCUT2D eigenvalue weighted by molar-refractivity contribution is -0.117. The maximum absolute atomic E-state index is 15.6. The highest BCUT2D eigenvalue weighted by molar-refractivity contribution is 7.89. The molecule has 5 rings (SSSR count). The fourth-order valence-electron chi connectivity index (χ4n) is 5.36. The monoisotopic (exact) mass is 691 g/mol. The van der Waals surface area contributed by atoms with Crippen molar-refractivity contribution in [2.45, 2.75) is 29.7 Å². The molecule has 0 unspecified atom stereocenters. The van der Waals surface area contributed by atoms with Crippen molar-refractivity contribution in [1.82, 2.24) is 29.5 Å². The van der Waals surface area contributed by atoms with Crippen molar-refractivity contribution in [2.24, 2.45) is 5.73 Å². The van der Waals surface area contributed by atoms with Gasteiger partial charge in [-0.15, -0.1) is 0 Å². The molecule has 4 heterocycles. The molecule has 2 amide bonds. The molecule has 252 valence electrons. The van der Waals surface area contributed by atoms with Crippen LogP contribution < -0.4 is 20.9 Å². The Bertz CT molecular complexity index is 1710. The second-order valence-electron chi connectivity index (χ2n) is 11.7. The smallest absolute Gasteiger partial charge is 0.316 e. The van der Waals surface area contributed by atoms with E-state index in [1.54, 1.807) is 17.0 Å². The number of rotatable bonds is 11. The van der Waals surface area contributed by atoms with Gasteiger partial charge in [0.05, 0.1) is 17.3 Å². The Morgan fingerprint density at radius 2 is 1.81 bits per heavy atom. The standard InChI is InChI=1S/C30H36ClF2N9O4S/c1-39(2)9-3-8-35-29(44)24-17-37-25(18-36-24)30(32,33)20-14-26(31)38-27(15-20)40-10-12-41(13-11-40)47(45,46)23-6-4-22(5-7-23)42-19-21(34)16-28(42)43/h4-7,14-15,17-18,21H,3,8-13,16,19,34H2,1-2H3,(H,35,44)/t21-/m1/s1. The second-order valence-corrected chi connectivity index (χ2v) is 14.0. The van der Waals surface area contributed by atoms with Crippen molar-refractivity contribution in [1.29, 1.82) is 0 Å². The summed E-state index contributed by atoms with van der Waals surface area (Å²) in [4.78, 5) is 41.7. The Balaban J connectivity index is 1.23. The zero-order valence-electron chi connectivity index (χ0n) is 25.9. The molecule has 0 bridgehead atoms. The van der Waals surface area contributed by atoms with E-state index in [1.807, 2.05) is 19.0 Å². The first-order valence-corrected chi connectivity index (χ1v) is 16.8. The SMILES string of the molecule is CN(C)CCCNC(=O)c1cnc(C(F)(F)c2cc(Cl)nc(N3CCN(S(=O)(=O)c4ccc(N5C[C@H](N)CC5=O)cc4)CC3)c2)cn1. The van der Waals surface area contributed by atoms with Crippen LogP contribution in [-0.2, 0) is 20.7 Å². The van der Waals surface area contributed by atoms with Crippen molar-refractivity contribution in [3.63, 3.8) is 0 Å². The Morgan fingerprint density at radius 1 is 1.11 bits per heavy atom. The van der Waals surface area contributed by atoms with Crippen LogP contribution >= 0.6 is 11.6 Å². The number of nitrogens with one attached hydrogen (secondary N) is 1. The Hall–Kier alpha value is -3.83. The minimum atomic E-state index is -3.86. The minimum absolute atomic E-state index is 0.0717.